The molecule has 0 saturated carbocycles. The summed E-state index contributed by atoms with van der Waals surface area (Å²) in [4.78, 5) is 21.0. The number of carboxylic acids is 1. The van der Waals surface area contributed by atoms with Crippen molar-refractivity contribution in [2.45, 2.75) is 4.90 Å². The number of carbonyl (C=O) groups excluding carboxylic acids is 1. The molecule has 0 radical (unpaired) electrons. The van der Waals surface area contributed by atoms with E-state index >= 15 is 0 Å². The second kappa shape index (κ2) is 6.70. The molecule has 9 heteroatoms. The SMILES string of the molecule is CN(CC(N)=O)S(=O)(=O)c1ccc(C=CC(=O)O)cc1Cl. The van der Waals surface area contributed by atoms with E-state index in [9.17, 15) is 18.0 Å². The number of hydrogen-bond acceptors (Lipinski definition) is 4. The first-order valence-electron chi connectivity index (χ1n) is 5.60. The van der Waals surface area contributed by atoms with Gasteiger partial charge in [0.05, 0.1) is 11.6 Å². The maximum atomic E-state index is 12.2. The molecule has 0 fully saturated rings. The van der Waals surface area contributed by atoms with E-state index in [4.69, 9.17) is 22.4 Å². The fourth-order valence-corrected chi connectivity index (χ4v) is 3.13. The van der Waals surface area contributed by atoms with Gasteiger partial charge in [-0.3, -0.25) is 4.79 Å². The summed E-state index contributed by atoms with van der Waals surface area (Å²) in [5, 5.41) is 8.43. The summed E-state index contributed by atoms with van der Waals surface area (Å²) in [7, 11) is -2.75. The van der Waals surface area contributed by atoms with Crippen molar-refractivity contribution in [2.75, 3.05) is 13.6 Å². The van der Waals surface area contributed by atoms with Crippen LogP contribution in [0.4, 0.5) is 0 Å². The lowest BCUT2D eigenvalue weighted by atomic mass is 10.2. The summed E-state index contributed by atoms with van der Waals surface area (Å²) in [5.74, 6) is -1.93. The minimum atomic E-state index is -3.95. The van der Waals surface area contributed by atoms with Gasteiger partial charge in [0.25, 0.3) is 0 Å². The quantitative estimate of drug-likeness (QED) is 0.737. The normalized spacial score (nSPS) is 12.0. The molecule has 0 aromatic heterocycles. The van der Waals surface area contributed by atoms with Crippen molar-refractivity contribution in [3.63, 3.8) is 0 Å². The lowest BCUT2D eigenvalue weighted by Crippen LogP contribution is -2.35. The van der Waals surface area contributed by atoms with Gasteiger partial charge in [0.15, 0.2) is 0 Å². The van der Waals surface area contributed by atoms with Gasteiger partial charge in [-0.25, -0.2) is 13.2 Å². The highest BCUT2D eigenvalue weighted by atomic mass is 35.5. The molecule has 0 aliphatic rings. The van der Waals surface area contributed by atoms with Crippen LogP contribution in [-0.4, -0.2) is 43.3 Å². The molecule has 3 N–H and O–H groups in total. The molecule has 0 aliphatic heterocycles. The highest BCUT2D eigenvalue weighted by molar-refractivity contribution is 7.89. The molecule has 1 aromatic rings. The van der Waals surface area contributed by atoms with Gasteiger partial charge < -0.3 is 10.8 Å². The smallest absolute Gasteiger partial charge is 0.328 e. The zero-order valence-corrected chi connectivity index (χ0v) is 12.6. The Balaban J connectivity index is 3.15. The van der Waals surface area contributed by atoms with Crippen LogP contribution in [0.2, 0.25) is 5.02 Å². The number of aliphatic carboxylic acids is 1. The fraction of sp³-hybridized carbons (Fsp3) is 0.167. The zero-order valence-electron chi connectivity index (χ0n) is 11.0. The van der Waals surface area contributed by atoms with Crippen LogP contribution in [0.3, 0.4) is 0 Å². The molecule has 0 aliphatic carbocycles. The van der Waals surface area contributed by atoms with Crippen molar-refractivity contribution in [2.24, 2.45) is 5.73 Å². The largest absolute Gasteiger partial charge is 0.478 e. The standard InChI is InChI=1S/C12H13ClN2O5S/c1-15(7-11(14)16)21(19,20)10-4-2-8(6-9(10)13)3-5-12(17)18/h2-6H,7H2,1H3,(H2,14,16)(H,17,18). The van der Waals surface area contributed by atoms with Crippen LogP contribution in [-0.2, 0) is 19.6 Å². The summed E-state index contributed by atoms with van der Waals surface area (Å²) in [5.41, 5.74) is 5.38. The first-order chi connectivity index (χ1) is 9.64. The predicted octanol–water partition coefficient (Wildman–Crippen LogP) is 0.544. The predicted molar refractivity (Wildman–Crippen MR) is 77.1 cm³/mol. The van der Waals surface area contributed by atoms with Crippen molar-refractivity contribution in [1.82, 2.24) is 4.31 Å². The van der Waals surface area contributed by atoms with E-state index in [0.29, 0.717) is 5.56 Å². The molecule has 0 atom stereocenters. The van der Waals surface area contributed by atoms with E-state index in [1.165, 1.54) is 31.3 Å². The highest BCUT2D eigenvalue weighted by Gasteiger charge is 2.24. The number of rotatable bonds is 6. The average molecular weight is 333 g/mol. The second-order valence-corrected chi connectivity index (χ2v) is 6.51. The highest BCUT2D eigenvalue weighted by Crippen LogP contribution is 2.25. The molecule has 0 saturated heterocycles. The number of nitrogens with two attached hydrogens (primary N) is 1. The van der Waals surface area contributed by atoms with E-state index in [0.717, 1.165) is 10.4 Å². The van der Waals surface area contributed by atoms with E-state index in [1.54, 1.807) is 0 Å². The molecular formula is C12H13ClN2O5S. The topological polar surface area (TPSA) is 118 Å². The number of halogens is 1. The van der Waals surface area contributed by atoms with Crippen molar-refractivity contribution in [3.05, 3.63) is 34.9 Å². The van der Waals surface area contributed by atoms with Crippen LogP contribution in [0.15, 0.2) is 29.2 Å². The number of amides is 1. The summed E-state index contributed by atoms with van der Waals surface area (Å²) in [6.45, 7) is -0.473. The van der Waals surface area contributed by atoms with Crippen LogP contribution >= 0.6 is 11.6 Å². The Kier molecular flexibility index (Phi) is 5.47. The zero-order chi connectivity index (χ0) is 16.2. The fourth-order valence-electron chi connectivity index (χ4n) is 1.47. The van der Waals surface area contributed by atoms with Gasteiger partial charge in [-0.1, -0.05) is 17.7 Å². The molecule has 21 heavy (non-hydrogen) atoms. The van der Waals surface area contributed by atoms with Crippen LogP contribution in [0, 0.1) is 0 Å². The van der Waals surface area contributed by atoms with Crippen LogP contribution in [0.5, 0.6) is 0 Å². The van der Waals surface area contributed by atoms with Gasteiger partial charge in [0.2, 0.25) is 15.9 Å². The second-order valence-electron chi connectivity index (χ2n) is 4.09. The maximum Gasteiger partial charge on any atom is 0.328 e. The third-order valence-corrected chi connectivity index (χ3v) is 4.73. The minimum Gasteiger partial charge on any atom is -0.478 e. The Morgan fingerprint density at radius 1 is 1.43 bits per heavy atom. The Bertz CT molecular complexity index is 700. The molecule has 1 amide bonds. The van der Waals surface area contributed by atoms with E-state index in [1.807, 2.05) is 0 Å². The van der Waals surface area contributed by atoms with E-state index in [-0.39, 0.29) is 9.92 Å². The van der Waals surface area contributed by atoms with Gasteiger partial charge >= 0.3 is 5.97 Å². The number of nitrogens with zero attached hydrogens (tertiary/aromatic N) is 1. The van der Waals surface area contributed by atoms with Crippen molar-refractivity contribution < 1.29 is 23.1 Å². The maximum absolute atomic E-state index is 12.2. The molecule has 1 rings (SSSR count). The Morgan fingerprint density at radius 3 is 2.52 bits per heavy atom. The van der Waals surface area contributed by atoms with Crippen LogP contribution < -0.4 is 5.73 Å². The molecule has 0 heterocycles. The van der Waals surface area contributed by atoms with Gasteiger partial charge in [0, 0.05) is 13.1 Å². The van der Waals surface area contributed by atoms with Crippen molar-refractivity contribution in [1.29, 1.82) is 0 Å². The third-order valence-electron chi connectivity index (χ3n) is 2.44. The molecular weight excluding hydrogens is 320 g/mol. The first-order valence-corrected chi connectivity index (χ1v) is 7.41. The monoisotopic (exact) mass is 332 g/mol. The third kappa shape index (κ3) is 4.55. The molecule has 7 nitrogen and oxygen atoms in total. The molecule has 114 valence electrons. The Hall–Kier alpha value is -1.90. The summed E-state index contributed by atoms with van der Waals surface area (Å²) >= 11 is 5.91. The lowest BCUT2D eigenvalue weighted by Gasteiger charge is -2.16. The van der Waals surface area contributed by atoms with Gasteiger partial charge in [-0.2, -0.15) is 4.31 Å². The molecule has 0 spiro atoms. The van der Waals surface area contributed by atoms with E-state index in [2.05, 4.69) is 0 Å². The molecule has 1 aromatic carbocycles. The summed E-state index contributed by atoms with van der Waals surface area (Å²) in [6.07, 6.45) is 2.18. The number of carboxylic acid groups (broad SMARTS) is 1. The first kappa shape index (κ1) is 17.2. The summed E-state index contributed by atoms with van der Waals surface area (Å²) in [6, 6.07) is 3.94. The minimum absolute atomic E-state index is 0.0844. The number of hydrogen-bond donors (Lipinski definition) is 2. The number of sulfonamides is 1. The molecule has 0 unspecified atom stereocenters. The van der Waals surface area contributed by atoms with Crippen LogP contribution in [0.25, 0.3) is 6.08 Å². The summed E-state index contributed by atoms with van der Waals surface area (Å²) < 4.78 is 25.2. The number of carbonyl (C=O) groups is 2. The van der Waals surface area contributed by atoms with Gasteiger partial charge in [0.1, 0.15) is 4.90 Å². The Morgan fingerprint density at radius 2 is 2.05 bits per heavy atom. The number of likely N-dealkylation sites (N-methyl/N-ethyl adjacent to an activating group) is 1. The Labute approximate surface area is 126 Å². The molecule has 0 bridgehead atoms. The van der Waals surface area contributed by atoms with Crippen molar-refractivity contribution >= 4 is 39.6 Å². The number of benzene rings is 1. The number of primary amides is 1. The lowest BCUT2D eigenvalue weighted by molar-refractivity contribution is -0.131. The van der Waals surface area contributed by atoms with Crippen molar-refractivity contribution in [3.8, 4) is 0 Å². The van der Waals surface area contributed by atoms with Gasteiger partial charge in [-0.15, -0.1) is 0 Å². The van der Waals surface area contributed by atoms with Crippen LogP contribution in [0.1, 0.15) is 5.56 Å². The van der Waals surface area contributed by atoms with Gasteiger partial charge in [-0.05, 0) is 23.8 Å². The van der Waals surface area contributed by atoms with E-state index < -0.39 is 28.4 Å². The average Bonchev–Trinajstić information content (AvgIpc) is 2.35.